The van der Waals surface area contributed by atoms with Crippen LogP contribution in [0.25, 0.3) is 0 Å². The summed E-state index contributed by atoms with van der Waals surface area (Å²) >= 11 is 0. The first-order chi connectivity index (χ1) is 9.81. The number of hydrogen-bond donors (Lipinski definition) is 2. The van der Waals surface area contributed by atoms with Gasteiger partial charge in [-0.2, -0.15) is 0 Å². The fourth-order valence-corrected chi connectivity index (χ4v) is 2.19. The molecule has 5 nitrogen and oxygen atoms in total. The van der Waals surface area contributed by atoms with Crippen LogP contribution in [-0.4, -0.2) is 11.1 Å². The first-order valence-corrected chi connectivity index (χ1v) is 6.29. The summed E-state index contributed by atoms with van der Waals surface area (Å²) in [4.78, 5) is 12.1. The number of nitrogen functional groups attached to an aromatic ring is 1. The third-order valence-electron chi connectivity index (χ3n) is 3.20. The van der Waals surface area contributed by atoms with E-state index in [1.165, 1.54) is 0 Å². The van der Waals surface area contributed by atoms with E-state index in [1.54, 1.807) is 20.8 Å². The molecule has 0 radical (unpaired) electrons. The van der Waals surface area contributed by atoms with Crippen LogP contribution in [0.4, 0.5) is 14.5 Å². The normalized spacial score (nSPS) is 12.2. The predicted molar refractivity (Wildman–Crippen MR) is 72.6 cm³/mol. The van der Waals surface area contributed by atoms with Crippen LogP contribution in [-0.2, 0) is 0 Å². The van der Waals surface area contributed by atoms with Gasteiger partial charge in [0.15, 0.2) is 0 Å². The van der Waals surface area contributed by atoms with Crippen molar-refractivity contribution in [2.24, 2.45) is 0 Å². The molecular weight excluding hydrogens is 280 g/mol. The van der Waals surface area contributed by atoms with Crippen LogP contribution in [0.1, 0.15) is 40.3 Å². The van der Waals surface area contributed by atoms with Crippen molar-refractivity contribution >= 4 is 11.6 Å². The highest BCUT2D eigenvalue weighted by Gasteiger charge is 2.21. The minimum atomic E-state index is -0.967. The molecule has 2 aromatic rings. The molecular formula is C14H15F2N3O2. The number of nitrogens with one attached hydrogen (secondary N) is 1. The van der Waals surface area contributed by atoms with Crippen molar-refractivity contribution < 1.29 is 18.1 Å². The average molecular weight is 295 g/mol. The Morgan fingerprint density at radius 3 is 2.57 bits per heavy atom. The van der Waals surface area contributed by atoms with E-state index >= 15 is 0 Å². The van der Waals surface area contributed by atoms with Gasteiger partial charge in [-0.25, -0.2) is 8.78 Å². The summed E-state index contributed by atoms with van der Waals surface area (Å²) in [5, 5.41) is 6.40. The molecule has 0 spiro atoms. The van der Waals surface area contributed by atoms with Gasteiger partial charge in [0.25, 0.3) is 5.91 Å². The quantitative estimate of drug-likeness (QED) is 0.853. The zero-order valence-electron chi connectivity index (χ0n) is 11.8. The largest absolute Gasteiger partial charge is 0.396 e. The molecule has 0 aliphatic heterocycles. The van der Waals surface area contributed by atoms with Gasteiger partial charge in [0.05, 0.1) is 23.0 Å². The lowest BCUT2D eigenvalue weighted by Gasteiger charge is -2.14. The number of carbonyl (C=O) groups is 1. The first-order valence-electron chi connectivity index (χ1n) is 6.29. The highest BCUT2D eigenvalue weighted by atomic mass is 19.1. The number of rotatable bonds is 3. The number of anilines is 1. The Hall–Kier alpha value is -2.44. The van der Waals surface area contributed by atoms with E-state index in [-0.39, 0.29) is 11.3 Å². The molecule has 1 heterocycles. The molecule has 21 heavy (non-hydrogen) atoms. The third kappa shape index (κ3) is 2.86. The van der Waals surface area contributed by atoms with Crippen molar-refractivity contribution in [2.45, 2.75) is 26.8 Å². The molecule has 1 aromatic heterocycles. The second-order valence-electron chi connectivity index (χ2n) is 4.79. The second-order valence-corrected chi connectivity index (χ2v) is 4.79. The number of aryl methyl sites for hydroxylation is 2. The van der Waals surface area contributed by atoms with Gasteiger partial charge in [0.2, 0.25) is 0 Å². The number of halogens is 2. The molecule has 0 saturated carbocycles. The zero-order valence-corrected chi connectivity index (χ0v) is 11.8. The highest BCUT2D eigenvalue weighted by molar-refractivity contribution is 5.95. The summed E-state index contributed by atoms with van der Waals surface area (Å²) in [5.41, 5.74) is 6.12. The fraction of sp³-hybridized carbons (Fsp3) is 0.286. The van der Waals surface area contributed by atoms with Gasteiger partial charge in [-0.05, 0) is 26.8 Å². The lowest BCUT2D eigenvalue weighted by molar-refractivity contribution is 0.0935. The van der Waals surface area contributed by atoms with Crippen molar-refractivity contribution in [1.29, 1.82) is 0 Å². The van der Waals surface area contributed by atoms with Crippen molar-refractivity contribution in [3.63, 3.8) is 0 Å². The highest BCUT2D eigenvalue weighted by Crippen LogP contribution is 2.22. The van der Waals surface area contributed by atoms with Crippen molar-refractivity contribution in [3.8, 4) is 0 Å². The van der Waals surface area contributed by atoms with E-state index in [4.69, 9.17) is 10.3 Å². The summed E-state index contributed by atoms with van der Waals surface area (Å²) in [6, 6.07) is 1.12. The molecule has 1 aromatic carbocycles. The molecule has 0 aliphatic rings. The molecule has 2 rings (SSSR count). The fourth-order valence-electron chi connectivity index (χ4n) is 2.19. The lowest BCUT2D eigenvalue weighted by Crippen LogP contribution is -2.28. The maximum absolute atomic E-state index is 13.6. The van der Waals surface area contributed by atoms with Gasteiger partial charge in [-0.3, -0.25) is 4.79 Å². The topological polar surface area (TPSA) is 81.2 Å². The van der Waals surface area contributed by atoms with Crippen LogP contribution in [0.15, 0.2) is 16.7 Å². The molecule has 0 aliphatic carbocycles. The zero-order chi connectivity index (χ0) is 15.7. The molecule has 1 atom stereocenters. The van der Waals surface area contributed by atoms with Crippen LogP contribution >= 0.6 is 0 Å². The number of carbonyl (C=O) groups excluding carboxylic acids is 1. The van der Waals surface area contributed by atoms with Crippen LogP contribution in [0, 0.1) is 25.5 Å². The Labute approximate surface area is 120 Å². The van der Waals surface area contributed by atoms with E-state index in [1.807, 2.05) is 0 Å². The van der Waals surface area contributed by atoms with Crippen LogP contribution < -0.4 is 11.1 Å². The number of amides is 1. The molecule has 7 heteroatoms. The lowest BCUT2D eigenvalue weighted by atomic mass is 10.1. The Bertz CT molecular complexity index is 678. The number of nitrogens with zero attached hydrogens (tertiary/aromatic N) is 1. The molecule has 3 N–H and O–H groups in total. The maximum atomic E-state index is 13.6. The third-order valence-corrected chi connectivity index (χ3v) is 3.20. The number of hydrogen-bond acceptors (Lipinski definition) is 4. The van der Waals surface area contributed by atoms with E-state index in [0.717, 1.165) is 11.6 Å². The minimum Gasteiger partial charge on any atom is -0.396 e. The summed E-state index contributed by atoms with van der Waals surface area (Å²) in [6.45, 7) is 5.18. The minimum absolute atomic E-state index is 0.286. The SMILES string of the molecule is Cc1noc(C)c1C(C)NC(=O)c1cc(N)c(F)cc1F. The van der Waals surface area contributed by atoms with Crippen molar-refractivity contribution in [3.05, 3.63) is 46.3 Å². The Morgan fingerprint density at radius 2 is 2.00 bits per heavy atom. The van der Waals surface area contributed by atoms with Gasteiger partial charge in [0, 0.05) is 11.6 Å². The maximum Gasteiger partial charge on any atom is 0.254 e. The molecule has 0 bridgehead atoms. The van der Waals surface area contributed by atoms with Gasteiger partial charge < -0.3 is 15.6 Å². The Morgan fingerprint density at radius 1 is 1.33 bits per heavy atom. The summed E-state index contributed by atoms with van der Waals surface area (Å²) in [7, 11) is 0. The molecule has 0 fully saturated rings. The van der Waals surface area contributed by atoms with Crippen LogP contribution in [0.2, 0.25) is 0 Å². The van der Waals surface area contributed by atoms with E-state index in [9.17, 15) is 13.6 Å². The van der Waals surface area contributed by atoms with Gasteiger partial charge in [-0.15, -0.1) is 0 Å². The number of nitrogens with two attached hydrogens (primary N) is 1. The van der Waals surface area contributed by atoms with Crippen molar-refractivity contribution in [2.75, 3.05) is 5.73 Å². The molecule has 1 unspecified atom stereocenters. The smallest absolute Gasteiger partial charge is 0.254 e. The van der Waals surface area contributed by atoms with Gasteiger partial charge >= 0.3 is 0 Å². The van der Waals surface area contributed by atoms with Gasteiger partial charge in [0.1, 0.15) is 17.4 Å². The summed E-state index contributed by atoms with van der Waals surface area (Å²) in [6.07, 6.45) is 0. The molecule has 1 amide bonds. The summed E-state index contributed by atoms with van der Waals surface area (Å²) in [5.74, 6) is -1.99. The van der Waals surface area contributed by atoms with E-state index in [2.05, 4.69) is 10.5 Å². The van der Waals surface area contributed by atoms with E-state index < -0.39 is 23.6 Å². The van der Waals surface area contributed by atoms with Crippen LogP contribution in [0.5, 0.6) is 0 Å². The Balaban J connectivity index is 2.24. The molecule has 0 saturated heterocycles. The second kappa shape index (κ2) is 5.51. The monoisotopic (exact) mass is 295 g/mol. The Kier molecular flexibility index (Phi) is 3.93. The van der Waals surface area contributed by atoms with Crippen LogP contribution in [0.3, 0.4) is 0 Å². The van der Waals surface area contributed by atoms with Gasteiger partial charge in [-0.1, -0.05) is 5.16 Å². The number of aromatic nitrogens is 1. The summed E-state index contributed by atoms with van der Waals surface area (Å²) < 4.78 is 31.8. The number of benzene rings is 1. The average Bonchev–Trinajstić information content (AvgIpc) is 2.73. The first kappa shape index (κ1) is 15.0. The standard InChI is InChI=1S/C14H15F2N3O2/c1-6(13-7(2)19-21-8(13)3)18-14(20)9-4-12(17)11(16)5-10(9)15/h4-6H,17H2,1-3H3,(H,18,20). The molecule has 112 valence electrons. The van der Waals surface area contributed by atoms with E-state index in [0.29, 0.717) is 17.5 Å². The predicted octanol–water partition coefficient (Wildman–Crippen LogP) is 2.64. The van der Waals surface area contributed by atoms with Crippen molar-refractivity contribution in [1.82, 2.24) is 10.5 Å².